The fourth-order valence-electron chi connectivity index (χ4n) is 1.03. The Morgan fingerprint density at radius 1 is 1.29 bits per heavy atom. The Morgan fingerprint density at radius 3 is 2.36 bits per heavy atom. The van der Waals surface area contributed by atoms with Gasteiger partial charge in [-0.25, -0.2) is 0 Å². The number of phenols is 1. The largest absolute Gasteiger partial charge is 0.506 e. The van der Waals surface area contributed by atoms with E-state index in [2.05, 4.69) is 45.2 Å². The van der Waals surface area contributed by atoms with Gasteiger partial charge in [0.15, 0.2) is 0 Å². The van der Waals surface area contributed by atoms with Crippen molar-refractivity contribution in [1.82, 2.24) is 0 Å². The van der Waals surface area contributed by atoms with E-state index in [0.717, 1.165) is 16.3 Å². The molecule has 1 unspecified atom stereocenters. The fourth-order valence-corrected chi connectivity index (χ4v) is 5.20. The average Bonchev–Trinajstić information content (AvgIpc) is 2.14. The van der Waals surface area contributed by atoms with E-state index >= 15 is 0 Å². The predicted molar refractivity (Wildman–Crippen MR) is 80.3 cm³/mol. The maximum Gasteiger partial charge on any atom is 0.142 e. The summed E-state index contributed by atoms with van der Waals surface area (Å²) in [6, 6.07) is 1.42. The van der Waals surface area contributed by atoms with E-state index in [1.165, 1.54) is 0 Å². The normalized spacial score (nSPS) is 12.9. The minimum absolute atomic E-state index is 0.119. The van der Waals surface area contributed by atoms with E-state index in [0.29, 0.717) is 0 Å². The smallest absolute Gasteiger partial charge is 0.142 e. The number of rotatable bonds is 2. The number of hydrogen-bond donors (Lipinski definition) is 3. The van der Waals surface area contributed by atoms with Crippen molar-refractivity contribution in [2.45, 2.75) is 6.04 Å². The minimum Gasteiger partial charge on any atom is -0.506 e. The molecule has 0 saturated heterocycles. The lowest BCUT2D eigenvalue weighted by Crippen LogP contribution is -2.17. The molecule has 0 heterocycles. The van der Waals surface area contributed by atoms with E-state index in [4.69, 9.17) is 10.8 Å². The number of aliphatic hydroxyl groups is 1. The number of phenolic OH excluding ortho intramolecular Hbond substituents is 1. The van der Waals surface area contributed by atoms with Crippen LogP contribution in [0.15, 0.2) is 6.07 Å². The van der Waals surface area contributed by atoms with Crippen LogP contribution in [0, 0.1) is 10.7 Å². The summed E-state index contributed by atoms with van der Waals surface area (Å²) in [7, 11) is 0. The second-order valence-electron chi connectivity index (χ2n) is 2.71. The molecular formula is C8H8I3NO2. The molecule has 14 heavy (non-hydrogen) atoms. The Morgan fingerprint density at radius 2 is 1.86 bits per heavy atom. The average molecular weight is 531 g/mol. The highest BCUT2D eigenvalue weighted by Crippen LogP contribution is 2.34. The molecule has 1 aromatic carbocycles. The van der Waals surface area contributed by atoms with Gasteiger partial charge in [0.2, 0.25) is 0 Å². The summed E-state index contributed by atoms with van der Waals surface area (Å²) in [6.45, 7) is -0.119. The number of halogens is 3. The Kier molecular flexibility index (Phi) is 5.14. The van der Waals surface area contributed by atoms with Crippen LogP contribution in [0.4, 0.5) is 0 Å². The Labute approximate surface area is 123 Å². The van der Waals surface area contributed by atoms with Crippen LogP contribution in [0.5, 0.6) is 5.75 Å². The van der Waals surface area contributed by atoms with Crippen molar-refractivity contribution in [3.8, 4) is 5.75 Å². The number of aromatic hydroxyl groups is 1. The zero-order valence-corrected chi connectivity index (χ0v) is 13.4. The first kappa shape index (κ1) is 13.2. The lowest BCUT2D eigenvalue weighted by molar-refractivity contribution is 0.267. The zero-order chi connectivity index (χ0) is 10.9. The summed E-state index contributed by atoms with van der Waals surface area (Å²) in [6.07, 6.45) is 0. The van der Waals surface area contributed by atoms with E-state index < -0.39 is 6.04 Å². The van der Waals surface area contributed by atoms with Gasteiger partial charge in [-0.05, 0) is 73.8 Å². The molecule has 3 nitrogen and oxygen atoms in total. The minimum atomic E-state index is -0.434. The van der Waals surface area contributed by atoms with Crippen LogP contribution in [-0.2, 0) is 0 Å². The summed E-state index contributed by atoms with van der Waals surface area (Å²) < 4.78 is 2.49. The number of hydrogen-bond acceptors (Lipinski definition) is 3. The highest BCUT2D eigenvalue weighted by molar-refractivity contribution is 14.1. The quantitative estimate of drug-likeness (QED) is 0.514. The van der Waals surface area contributed by atoms with Crippen LogP contribution < -0.4 is 5.73 Å². The van der Waals surface area contributed by atoms with Crippen LogP contribution in [0.25, 0.3) is 0 Å². The van der Waals surface area contributed by atoms with E-state index in [9.17, 15) is 5.11 Å². The molecule has 0 aromatic heterocycles. The van der Waals surface area contributed by atoms with Crippen molar-refractivity contribution < 1.29 is 10.2 Å². The first-order chi connectivity index (χ1) is 6.49. The molecule has 0 aliphatic carbocycles. The van der Waals surface area contributed by atoms with Crippen molar-refractivity contribution in [2.24, 2.45) is 5.73 Å². The molecular weight excluding hydrogens is 523 g/mol. The maximum absolute atomic E-state index is 9.70. The van der Waals surface area contributed by atoms with E-state index in [1.807, 2.05) is 28.7 Å². The molecule has 0 aliphatic rings. The second-order valence-corrected chi connectivity index (χ2v) is 6.11. The van der Waals surface area contributed by atoms with Gasteiger partial charge >= 0.3 is 0 Å². The molecule has 78 valence electrons. The molecule has 4 N–H and O–H groups in total. The molecule has 0 spiro atoms. The van der Waals surface area contributed by atoms with Gasteiger partial charge in [0, 0.05) is 9.13 Å². The third-order valence-electron chi connectivity index (χ3n) is 1.75. The van der Waals surface area contributed by atoms with Crippen LogP contribution >= 0.6 is 67.8 Å². The van der Waals surface area contributed by atoms with Gasteiger partial charge in [-0.15, -0.1) is 0 Å². The highest BCUT2D eigenvalue weighted by atomic mass is 127. The van der Waals surface area contributed by atoms with Crippen LogP contribution in [-0.4, -0.2) is 16.8 Å². The zero-order valence-electron chi connectivity index (χ0n) is 6.97. The monoisotopic (exact) mass is 531 g/mol. The third-order valence-corrected chi connectivity index (χ3v) is 4.56. The van der Waals surface area contributed by atoms with Crippen LogP contribution in [0.1, 0.15) is 11.6 Å². The Bertz CT molecular complexity index is 357. The summed E-state index contributed by atoms with van der Waals surface area (Å²) >= 11 is 6.26. The summed E-state index contributed by atoms with van der Waals surface area (Å²) in [4.78, 5) is 0. The Balaban J connectivity index is 3.36. The molecule has 0 fully saturated rings. The second kappa shape index (κ2) is 5.46. The van der Waals surface area contributed by atoms with Crippen molar-refractivity contribution >= 4 is 67.8 Å². The standard InChI is InChI=1S/C8H8I3NO2/c9-3-1-4(10)8(14)7(11)6(3)5(12)2-13/h1,5,13-14H,2,12H2. The Hall–Kier alpha value is 1.13. The summed E-state index contributed by atoms with van der Waals surface area (Å²) in [5, 5.41) is 18.7. The van der Waals surface area contributed by atoms with Gasteiger partial charge in [-0.3, -0.25) is 0 Å². The third kappa shape index (κ3) is 2.62. The van der Waals surface area contributed by atoms with Crippen molar-refractivity contribution in [3.05, 3.63) is 22.3 Å². The molecule has 0 radical (unpaired) electrons. The van der Waals surface area contributed by atoms with Gasteiger partial charge in [-0.2, -0.15) is 0 Å². The number of nitrogens with two attached hydrogens (primary N) is 1. The molecule has 0 amide bonds. The molecule has 1 atom stereocenters. The van der Waals surface area contributed by atoms with Crippen LogP contribution in [0.3, 0.4) is 0 Å². The van der Waals surface area contributed by atoms with E-state index in [-0.39, 0.29) is 12.4 Å². The number of aliphatic hydroxyl groups excluding tert-OH is 1. The summed E-state index contributed by atoms with van der Waals surface area (Å²) in [5.41, 5.74) is 6.55. The van der Waals surface area contributed by atoms with Gasteiger partial charge in [0.25, 0.3) is 0 Å². The van der Waals surface area contributed by atoms with Gasteiger partial charge in [0.05, 0.1) is 19.8 Å². The summed E-state index contributed by atoms with van der Waals surface area (Å²) in [5.74, 6) is 0.241. The van der Waals surface area contributed by atoms with Crippen molar-refractivity contribution in [1.29, 1.82) is 0 Å². The van der Waals surface area contributed by atoms with Gasteiger partial charge in [0.1, 0.15) is 5.75 Å². The van der Waals surface area contributed by atoms with E-state index in [1.54, 1.807) is 0 Å². The lowest BCUT2D eigenvalue weighted by Gasteiger charge is -2.15. The van der Waals surface area contributed by atoms with Crippen molar-refractivity contribution in [2.75, 3.05) is 6.61 Å². The molecule has 1 aromatic rings. The van der Waals surface area contributed by atoms with Crippen LogP contribution in [0.2, 0.25) is 0 Å². The molecule has 0 bridgehead atoms. The first-order valence-corrected chi connectivity index (χ1v) is 6.95. The maximum atomic E-state index is 9.70. The molecule has 0 saturated carbocycles. The predicted octanol–water partition coefficient (Wildman–Crippen LogP) is 2.20. The topological polar surface area (TPSA) is 66.5 Å². The number of benzene rings is 1. The van der Waals surface area contributed by atoms with Gasteiger partial charge < -0.3 is 15.9 Å². The highest BCUT2D eigenvalue weighted by Gasteiger charge is 2.17. The lowest BCUT2D eigenvalue weighted by atomic mass is 10.1. The fraction of sp³-hybridized carbons (Fsp3) is 0.250. The molecule has 1 rings (SSSR count). The molecule has 6 heteroatoms. The van der Waals surface area contributed by atoms with Gasteiger partial charge in [-0.1, -0.05) is 0 Å². The van der Waals surface area contributed by atoms with Crippen molar-refractivity contribution in [3.63, 3.8) is 0 Å². The SMILES string of the molecule is NC(CO)c1c(I)cc(I)c(O)c1I. The molecule has 0 aliphatic heterocycles. The first-order valence-electron chi connectivity index (χ1n) is 3.71.